The van der Waals surface area contributed by atoms with Gasteiger partial charge in [-0.05, 0) is 38.5 Å². The molecule has 7 heteroatoms. The second-order valence-electron chi connectivity index (χ2n) is 6.60. The lowest BCUT2D eigenvalue weighted by Gasteiger charge is -2.30. The number of aromatic amines is 1. The molecule has 2 N–H and O–H groups in total. The maximum Gasteiger partial charge on any atom is 0.355 e. The third kappa shape index (κ3) is 3.08. The van der Waals surface area contributed by atoms with Gasteiger partial charge in [0, 0.05) is 12.1 Å². The molecule has 0 radical (unpaired) electrons. The molecule has 2 fully saturated rings. The fraction of sp³-hybridized carbons (Fsp3) is 0.800. The van der Waals surface area contributed by atoms with Gasteiger partial charge in [0.25, 0.3) is 0 Å². The Morgan fingerprint density at radius 1 is 1.27 bits per heavy atom. The van der Waals surface area contributed by atoms with Crippen LogP contribution in [0.4, 0.5) is 10.3 Å². The molecule has 1 aromatic heterocycles. The molecule has 6 nitrogen and oxygen atoms in total. The zero-order valence-corrected chi connectivity index (χ0v) is 12.8. The van der Waals surface area contributed by atoms with Crippen LogP contribution in [0.3, 0.4) is 0 Å². The van der Waals surface area contributed by atoms with E-state index in [1.54, 1.807) is 0 Å². The van der Waals surface area contributed by atoms with E-state index in [4.69, 9.17) is 0 Å². The van der Waals surface area contributed by atoms with Gasteiger partial charge in [0.15, 0.2) is 0 Å². The van der Waals surface area contributed by atoms with E-state index in [-0.39, 0.29) is 30.9 Å². The summed E-state index contributed by atoms with van der Waals surface area (Å²) in [6.45, 7) is 2.06. The van der Waals surface area contributed by atoms with Gasteiger partial charge in [-0.25, -0.2) is 18.5 Å². The molecular formula is C15H23FN4O2. The van der Waals surface area contributed by atoms with Crippen LogP contribution in [0.25, 0.3) is 0 Å². The predicted molar refractivity (Wildman–Crippen MR) is 81.9 cm³/mol. The molecule has 0 spiro atoms. The Kier molecular flexibility index (Phi) is 4.31. The minimum Gasteiger partial charge on any atom is -0.353 e. The summed E-state index contributed by atoms with van der Waals surface area (Å²) < 4.78 is 13.9. The van der Waals surface area contributed by atoms with Gasteiger partial charge < -0.3 is 5.32 Å². The molecule has 0 aromatic carbocycles. The van der Waals surface area contributed by atoms with Gasteiger partial charge in [0.2, 0.25) is 5.95 Å². The number of H-pyrrole nitrogens is 1. The number of rotatable bonds is 4. The van der Waals surface area contributed by atoms with Crippen molar-refractivity contribution in [2.24, 2.45) is 5.92 Å². The SMILES string of the molecule is C[C@H](Nc1nc(=O)n(C2CC(F)C2)c(=O)[nH]1)C1CCCCC1. The fourth-order valence-electron chi connectivity index (χ4n) is 3.52. The summed E-state index contributed by atoms with van der Waals surface area (Å²) in [4.78, 5) is 30.6. The number of nitrogens with zero attached hydrogens (tertiary/aromatic N) is 2. The molecule has 0 unspecified atom stereocenters. The van der Waals surface area contributed by atoms with Crippen LogP contribution in [0.1, 0.15) is 57.9 Å². The average Bonchev–Trinajstić information content (AvgIpc) is 2.45. The van der Waals surface area contributed by atoms with Crippen molar-refractivity contribution in [1.82, 2.24) is 14.5 Å². The van der Waals surface area contributed by atoms with Crippen molar-refractivity contribution in [2.75, 3.05) is 5.32 Å². The highest BCUT2D eigenvalue weighted by atomic mass is 19.1. The molecule has 0 amide bonds. The number of nitrogens with one attached hydrogen (secondary N) is 2. The van der Waals surface area contributed by atoms with Gasteiger partial charge in [0.05, 0.1) is 0 Å². The highest BCUT2D eigenvalue weighted by molar-refractivity contribution is 5.23. The summed E-state index contributed by atoms with van der Waals surface area (Å²) in [5.41, 5.74) is -1.10. The summed E-state index contributed by atoms with van der Waals surface area (Å²) in [5.74, 6) is 0.765. The Morgan fingerprint density at radius 2 is 1.95 bits per heavy atom. The topological polar surface area (TPSA) is 79.8 Å². The molecule has 1 atom stereocenters. The quantitative estimate of drug-likeness (QED) is 0.891. The van der Waals surface area contributed by atoms with Crippen LogP contribution < -0.4 is 16.7 Å². The normalized spacial score (nSPS) is 27.2. The van der Waals surface area contributed by atoms with Crippen LogP contribution in [0.5, 0.6) is 0 Å². The van der Waals surface area contributed by atoms with E-state index in [2.05, 4.69) is 22.2 Å². The van der Waals surface area contributed by atoms with Gasteiger partial charge in [-0.3, -0.25) is 4.98 Å². The van der Waals surface area contributed by atoms with Gasteiger partial charge in [-0.2, -0.15) is 4.98 Å². The van der Waals surface area contributed by atoms with Crippen LogP contribution >= 0.6 is 0 Å². The first-order valence-electron chi connectivity index (χ1n) is 8.18. The molecule has 1 heterocycles. The summed E-state index contributed by atoms with van der Waals surface area (Å²) in [6, 6.07) is -0.193. The molecule has 3 rings (SSSR count). The van der Waals surface area contributed by atoms with Gasteiger partial charge >= 0.3 is 11.4 Å². The predicted octanol–water partition coefficient (Wildman–Crippen LogP) is 1.99. The van der Waals surface area contributed by atoms with Crippen LogP contribution in [-0.2, 0) is 0 Å². The second-order valence-corrected chi connectivity index (χ2v) is 6.60. The maximum atomic E-state index is 12.9. The molecule has 2 saturated carbocycles. The highest BCUT2D eigenvalue weighted by Crippen LogP contribution is 2.32. The van der Waals surface area contributed by atoms with Crippen molar-refractivity contribution in [3.05, 3.63) is 21.0 Å². The summed E-state index contributed by atoms with van der Waals surface area (Å²) in [6.07, 6.45) is 5.59. The molecule has 1 aromatic rings. The van der Waals surface area contributed by atoms with Crippen molar-refractivity contribution < 1.29 is 4.39 Å². The first kappa shape index (κ1) is 15.2. The van der Waals surface area contributed by atoms with Gasteiger partial charge in [0.1, 0.15) is 6.17 Å². The Balaban J connectivity index is 1.72. The van der Waals surface area contributed by atoms with Crippen LogP contribution in [0, 0.1) is 5.92 Å². The smallest absolute Gasteiger partial charge is 0.353 e. The molecule has 22 heavy (non-hydrogen) atoms. The van der Waals surface area contributed by atoms with Crippen LogP contribution in [0.2, 0.25) is 0 Å². The van der Waals surface area contributed by atoms with Crippen molar-refractivity contribution in [1.29, 1.82) is 0 Å². The third-order valence-corrected chi connectivity index (χ3v) is 5.00. The number of hydrogen-bond acceptors (Lipinski definition) is 4. The molecule has 2 aliphatic rings. The standard InChI is InChI=1S/C15H23FN4O2/c1-9(10-5-3-2-4-6-10)17-13-18-14(21)20(15(22)19-13)12-7-11(16)8-12/h9-12H,2-8H2,1H3,(H2,17,18,19,21,22)/t9-,11?,12?/m0/s1. The Morgan fingerprint density at radius 3 is 2.55 bits per heavy atom. The van der Waals surface area contributed by atoms with E-state index in [9.17, 15) is 14.0 Å². The third-order valence-electron chi connectivity index (χ3n) is 5.00. The van der Waals surface area contributed by atoms with Crippen molar-refractivity contribution >= 4 is 5.95 Å². The van der Waals surface area contributed by atoms with E-state index < -0.39 is 17.6 Å². The zero-order valence-electron chi connectivity index (χ0n) is 12.8. The summed E-state index contributed by atoms with van der Waals surface area (Å²) in [7, 11) is 0. The highest BCUT2D eigenvalue weighted by Gasteiger charge is 2.33. The van der Waals surface area contributed by atoms with Crippen molar-refractivity contribution in [2.45, 2.75) is 70.1 Å². The average molecular weight is 310 g/mol. The van der Waals surface area contributed by atoms with Gasteiger partial charge in [-0.1, -0.05) is 19.3 Å². The lowest BCUT2D eigenvalue weighted by Crippen LogP contribution is -2.45. The number of hydrogen-bond donors (Lipinski definition) is 2. The minimum absolute atomic E-state index is 0.164. The number of anilines is 1. The first-order valence-corrected chi connectivity index (χ1v) is 8.18. The molecule has 0 saturated heterocycles. The van der Waals surface area contributed by atoms with E-state index in [1.165, 1.54) is 19.3 Å². The zero-order chi connectivity index (χ0) is 15.7. The van der Waals surface area contributed by atoms with Crippen LogP contribution in [0.15, 0.2) is 9.59 Å². The van der Waals surface area contributed by atoms with Crippen molar-refractivity contribution in [3.63, 3.8) is 0 Å². The Labute approximate surface area is 128 Å². The fourth-order valence-corrected chi connectivity index (χ4v) is 3.52. The molecule has 0 aliphatic heterocycles. The van der Waals surface area contributed by atoms with Crippen molar-refractivity contribution in [3.8, 4) is 0 Å². The number of halogens is 1. The minimum atomic E-state index is -0.916. The summed E-state index contributed by atoms with van der Waals surface area (Å²) in [5, 5.41) is 3.15. The second kappa shape index (κ2) is 6.22. The Hall–Kier alpha value is -1.66. The summed E-state index contributed by atoms with van der Waals surface area (Å²) >= 11 is 0. The number of aromatic nitrogens is 3. The van der Waals surface area contributed by atoms with E-state index >= 15 is 0 Å². The van der Waals surface area contributed by atoms with Crippen LogP contribution in [-0.4, -0.2) is 26.7 Å². The Bertz CT molecular complexity index is 598. The largest absolute Gasteiger partial charge is 0.355 e. The monoisotopic (exact) mass is 310 g/mol. The molecular weight excluding hydrogens is 287 g/mol. The molecule has 0 bridgehead atoms. The van der Waals surface area contributed by atoms with Gasteiger partial charge in [-0.15, -0.1) is 0 Å². The molecule has 122 valence electrons. The maximum absolute atomic E-state index is 12.9. The molecule has 2 aliphatic carbocycles. The van der Waals surface area contributed by atoms with E-state index in [0.29, 0.717) is 5.92 Å². The first-order chi connectivity index (χ1) is 10.5. The lowest BCUT2D eigenvalue weighted by atomic mass is 9.85. The van der Waals surface area contributed by atoms with E-state index in [1.807, 2.05) is 0 Å². The number of alkyl halides is 1. The van der Waals surface area contributed by atoms with E-state index in [0.717, 1.165) is 17.4 Å². The lowest BCUT2D eigenvalue weighted by molar-refractivity contribution is 0.129.